The van der Waals surface area contributed by atoms with Gasteiger partial charge in [0.25, 0.3) is 0 Å². The number of rotatable bonds is 2. The van der Waals surface area contributed by atoms with Crippen molar-refractivity contribution in [2.45, 2.75) is 6.92 Å². The lowest BCUT2D eigenvalue weighted by Gasteiger charge is -2.04. The molecule has 0 fully saturated rings. The van der Waals surface area contributed by atoms with Crippen molar-refractivity contribution in [1.82, 2.24) is 4.98 Å². The molecule has 4 heteroatoms. The monoisotopic (exact) mass is 252 g/mol. The van der Waals surface area contributed by atoms with Gasteiger partial charge in [0.15, 0.2) is 0 Å². The van der Waals surface area contributed by atoms with E-state index in [9.17, 15) is 4.79 Å². The van der Waals surface area contributed by atoms with Crippen molar-refractivity contribution in [3.05, 3.63) is 48.9 Å². The number of hydrogen-bond acceptors (Lipinski definition) is 3. The van der Waals surface area contributed by atoms with Crippen molar-refractivity contribution in [1.29, 1.82) is 0 Å². The summed E-state index contributed by atoms with van der Waals surface area (Å²) in [7, 11) is 0. The van der Waals surface area contributed by atoms with E-state index in [-0.39, 0.29) is 5.91 Å². The number of anilines is 1. The Morgan fingerprint density at radius 1 is 1.16 bits per heavy atom. The molecule has 1 amide bonds. The SMILES string of the molecule is CC(=O)Nc1ccc(-c2ccc3ccoc3c2)cn1. The lowest BCUT2D eigenvalue weighted by Crippen LogP contribution is -2.06. The lowest BCUT2D eigenvalue weighted by atomic mass is 10.1. The van der Waals surface area contributed by atoms with Crippen LogP contribution in [0, 0.1) is 0 Å². The highest BCUT2D eigenvalue weighted by Crippen LogP contribution is 2.25. The molecule has 0 atom stereocenters. The third kappa shape index (κ3) is 2.33. The summed E-state index contributed by atoms with van der Waals surface area (Å²) in [5.41, 5.74) is 2.86. The van der Waals surface area contributed by atoms with E-state index in [0.29, 0.717) is 5.82 Å². The van der Waals surface area contributed by atoms with Gasteiger partial charge >= 0.3 is 0 Å². The molecule has 2 heterocycles. The highest BCUT2D eigenvalue weighted by atomic mass is 16.3. The van der Waals surface area contributed by atoms with Crippen molar-refractivity contribution in [3.63, 3.8) is 0 Å². The van der Waals surface area contributed by atoms with Crippen LogP contribution in [0.25, 0.3) is 22.1 Å². The summed E-state index contributed by atoms with van der Waals surface area (Å²) >= 11 is 0. The van der Waals surface area contributed by atoms with Crippen LogP contribution in [0.15, 0.2) is 53.3 Å². The number of carbonyl (C=O) groups excluding carboxylic acids is 1. The molecule has 3 rings (SSSR count). The zero-order valence-electron chi connectivity index (χ0n) is 10.4. The predicted octanol–water partition coefficient (Wildman–Crippen LogP) is 3.45. The van der Waals surface area contributed by atoms with Gasteiger partial charge in [0, 0.05) is 24.1 Å². The standard InChI is InChI=1S/C15H12N2O2/c1-10(18)17-15-5-4-13(9-16-15)12-3-2-11-6-7-19-14(11)8-12/h2-9H,1H3,(H,16,17,18). The number of furan rings is 1. The van der Waals surface area contributed by atoms with Crippen LogP contribution in [0.4, 0.5) is 5.82 Å². The number of hydrogen-bond donors (Lipinski definition) is 1. The molecule has 19 heavy (non-hydrogen) atoms. The van der Waals surface area contributed by atoms with E-state index >= 15 is 0 Å². The van der Waals surface area contributed by atoms with Gasteiger partial charge in [-0.15, -0.1) is 0 Å². The molecule has 2 aromatic heterocycles. The Labute approximate surface area is 110 Å². The molecule has 1 aromatic carbocycles. The van der Waals surface area contributed by atoms with E-state index in [0.717, 1.165) is 22.1 Å². The van der Waals surface area contributed by atoms with Crippen LogP contribution in [0.2, 0.25) is 0 Å². The van der Waals surface area contributed by atoms with E-state index in [1.807, 2.05) is 30.3 Å². The first kappa shape index (κ1) is 11.5. The minimum absolute atomic E-state index is 0.128. The van der Waals surface area contributed by atoms with Gasteiger partial charge in [0.05, 0.1) is 6.26 Å². The molecule has 0 aliphatic heterocycles. The van der Waals surface area contributed by atoms with Crippen molar-refractivity contribution in [2.75, 3.05) is 5.32 Å². The number of pyridine rings is 1. The third-order valence-corrected chi connectivity index (χ3v) is 2.86. The second-order valence-corrected chi connectivity index (χ2v) is 4.29. The Morgan fingerprint density at radius 3 is 2.74 bits per heavy atom. The second kappa shape index (κ2) is 4.57. The summed E-state index contributed by atoms with van der Waals surface area (Å²) < 4.78 is 5.38. The molecule has 0 unspecified atom stereocenters. The van der Waals surface area contributed by atoms with Gasteiger partial charge in [0.1, 0.15) is 11.4 Å². The Morgan fingerprint density at radius 2 is 2.00 bits per heavy atom. The zero-order chi connectivity index (χ0) is 13.2. The number of benzene rings is 1. The van der Waals surface area contributed by atoms with Crippen molar-refractivity contribution in [3.8, 4) is 11.1 Å². The normalized spacial score (nSPS) is 10.6. The van der Waals surface area contributed by atoms with Gasteiger partial charge in [-0.25, -0.2) is 4.98 Å². The summed E-state index contributed by atoms with van der Waals surface area (Å²) in [5, 5.41) is 3.72. The fourth-order valence-corrected chi connectivity index (χ4v) is 1.95. The molecule has 94 valence electrons. The van der Waals surface area contributed by atoms with Gasteiger partial charge in [0.2, 0.25) is 5.91 Å². The zero-order valence-corrected chi connectivity index (χ0v) is 10.4. The molecule has 4 nitrogen and oxygen atoms in total. The summed E-state index contributed by atoms with van der Waals surface area (Å²) in [6, 6.07) is 11.6. The Hall–Kier alpha value is -2.62. The first-order valence-electron chi connectivity index (χ1n) is 5.94. The smallest absolute Gasteiger partial charge is 0.222 e. The highest BCUT2D eigenvalue weighted by molar-refractivity contribution is 5.88. The van der Waals surface area contributed by atoms with Gasteiger partial charge in [-0.05, 0) is 29.8 Å². The predicted molar refractivity (Wildman–Crippen MR) is 73.7 cm³/mol. The number of nitrogens with one attached hydrogen (secondary N) is 1. The topological polar surface area (TPSA) is 55.1 Å². The second-order valence-electron chi connectivity index (χ2n) is 4.29. The van der Waals surface area contributed by atoms with E-state index in [1.54, 1.807) is 18.5 Å². The van der Waals surface area contributed by atoms with Crippen LogP contribution in [0.3, 0.4) is 0 Å². The van der Waals surface area contributed by atoms with Crippen LogP contribution >= 0.6 is 0 Å². The number of aromatic nitrogens is 1. The van der Waals surface area contributed by atoms with Gasteiger partial charge in [-0.2, -0.15) is 0 Å². The van der Waals surface area contributed by atoms with E-state index in [1.165, 1.54) is 6.92 Å². The van der Waals surface area contributed by atoms with Crippen LogP contribution in [-0.2, 0) is 4.79 Å². The van der Waals surface area contributed by atoms with Gasteiger partial charge < -0.3 is 9.73 Å². The first-order valence-corrected chi connectivity index (χ1v) is 5.94. The molecule has 3 aromatic rings. The number of nitrogens with zero attached hydrogens (tertiary/aromatic N) is 1. The molecular weight excluding hydrogens is 240 g/mol. The fourth-order valence-electron chi connectivity index (χ4n) is 1.95. The highest BCUT2D eigenvalue weighted by Gasteiger charge is 2.03. The van der Waals surface area contributed by atoms with E-state index in [2.05, 4.69) is 10.3 Å². The van der Waals surface area contributed by atoms with E-state index in [4.69, 9.17) is 4.42 Å². The van der Waals surface area contributed by atoms with Crippen molar-refractivity contribution < 1.29 is 9.21 Å². The van der Waals surface area contributed by atoms with E-state index < -0.39 is 0 Å². The molecule has 0 saturated heterocycles. The molecule has 1 N–H and O–H groups in total. The maximum Gasteiger partial charge on any atom is 0.222 e. The van der Waals surface area contributed by atoms with Crippen LogP contribution in [-0.4, -0.2) is 10.9 Å². The van der Waals surface area contributed by atoms with Gasteiger partial charge in [-0.1, -0.05) is 12.1 Å². The first-order chi connectivity index (χ1) is 9.22. The Bertz CT molecular complexity index is 729. The maximum atomic E-state index is 10.9. The maximum absolute atomic E-state index is 10.9. The minimum Gasteiger partial charge on any atom is -0.464 e. The number of amides is 1. The molecule has 0 radical (unpaired) electrons. The summed E-state index contributed by atoms with van der Waals surface area (Å²) in [5.74, 6) is 0.424. The fraction of sp³-hybridized carbons (Fsp3) is 0.0667. The summed E-state index contributed by atoms with van der Waals surface area (Å²) in [6.07, 6.45) is 3.40. The number of carbonyl (C=O) groups is 1. The number of fused-ring (bicyclic) bond motifs is 1. The van der Waals surface area contributed by atoms with Crippen LogP contribution in [0.1, 0.15) is 6.92 Å². The molecule has 0 saturated carbocycles. The average Bonchev–Trinajstić information content (AvgIpc) is 2.86. The third-order valence-electron chi connectivity index (χ3n) is 2.86. The van der Waals surface area contributed by atoms with Crippen LogP contribution in [0.5, 0.6) is 0 Å². The van der Waals surface area contributed by atoms with Crippen LogP contribution < -0.4 is 5.32 Å². The quantitative estimate of drug-likeness (QED) is 0.760. The van der Waals surface area contributed by atoms with Gasteiger partial charge in [-0.3, -0.25) is 4.79 Å². The summed E-state index contributed by atoms with van der Waals surface area (Å²) in [4.78, 5) is 15.1. The lowest BCUT2D eigenvalue weighted by molar-refractivity contribution is -0.114. The van der Waals surface area contributed by atoms with Crippen molar-refractivity contribution >= 4 is 22.7 Å². The summed E-state index contributed by atoms with van der Waals surface area (Å²) in [6.45, 7) is 1.46. The minimum atomic E-state index is -0.128. The molecule has 0 spiro atoms. The molecule has 0 aliphatic rings. The molecule has 0 aliphatic carbocycles. The van der Waals surface area contributed by atoms with Crippen molar-refractivity contribution in [2.24, 2.45) is 0 Å². The Balaban J connectivity index is 1.94. The molecule has 0 bridgehead atoms. The Kier molecular flexibility index (Phi) is 2.76. The average molecular weight is 252 g/mol. The largest absolute Gasteiger partial charge is 0.464 e. The molecular formula is C15H12N2O2.